The van der Waals surface area contributed by atoms with Crippen LogP contribution in [0.25, 0.3) is 0 Å². The van der Waals surface area contributed by atoms with E-state index in [1.165, 1.54) is 4.31 Å². The third-order valence-electron chi connectivity index (χ3n) is 3.24. The molecule has 0 amide bonds. The number of benzene rings is 1. The van der Waals surface area contributed by atoms with E-state index < -0.39 is 10.0 Å². The first-order valence-electron chi connectivity index (χ1n) is 6.20. The second kappa shape index (κ2) is 5.38. The third kappa shape index (κ3) is 3.10. The van der Waals surface area contributed by atoms with Gasteiger partial charge in [0.1, 0.15) is 0 Å². The van der Waals surface area contributed by atoms with E-state index in [1.807, 2.05) is 0 Å². The molecule has 0 atom stereocenters. The summed E-state index contributed by atoms with van der Waals surface area (Å²) in [5.41, 5.74) is 0.946. The molecule has 4 nitrogen and oxygen atoms in total. The van der Waals surface area contributed by atoms with Crippen LogP contribution in [0.3, 0.4) is 0 Å². The third-order valence-corrected chi connectivity index (χ3v) is 5.08. The Bertz CT molecular complexity index is 491. The molecule has 100 valence electrons. The molecule has 1 N–H and O–H groups in total. The first-order valence-corrected chi connectivity index (χ1v) is 7.64. The lowest BCUT2D eigenvalue weighted by Gasteiger charge is -2.17. The Hall–Kier alpha value is -0.910. The van der Waals surface area contributed by atoms with E-state index in [1.54, 1.807) is 31.3 Å². The van der Waals surface area contributed by atoms with Crippen molar-refractivity contribution in [2.24, 2.45) is 5.92 Å². The molecule has 5 heteroatoms. The molecule has 0 bridgehead atoms. The van der Waals surface area contributed by atoms with Crippen molar-refractivity contribution in [3.63, 3.8) is 0 Å². The first kappa shape index (κ1) is 13.5. The zero-order valence-electron chi connectivity index (χ0n) is 10.5. The first-order chi connectivity index (χ1) is 8.54. The summed E-state index contributed by atoms with van der Waals surface area (Å²) in [4.78, 5) is 0.326. The zero-order chi connectivity index (χ0) is 13.2. The SMILES string of the molecule is CN(CC1CC1)S(=O)(=O)c1ccc(CCO)cc1. The summed E-state index contributed by atoms with van der Waals surface area (Å²) in [7, 11) is -1.72. The summed E-state index contributed by atoms with van der Waals surface area (Å²) in [6.07, 6.45) is 2.82. The Morgan fingerprint density at radius 3 is 2.39 bits per heavy atom. The molecule has 0 radical (unpaired) electrons. The van der Waals surface area contributed by atoms with Crippen molar-refractivity contribution in [1.29, 1.82) is 0 Å². The van der Waals surface area contributed by atoms with Gasteiger partial charge in [-0.3, -0.25) is 0 Å². The van der Waals surface area contributed by atoms with Crippen LogP contribution in [-0.2, 0) is 16.4 Å². The molecule has 1 saturated carbocycles. The topological polar surface area (TPSA) is 57.6 Å². The molecule has 0 heterocycles. The number of sulfonamides is 1. The van der Waals surface area contributed by atoms with Crippen LogP contribution in [0.1, 0.15) is 18.4 Å². The molecule has 1 aromatic rings. The predicted octanol–water partition coefficient (Wildman–Crippen LogP) is 1.25. The molecule has 1 aliphatic rings. The Morgan fingerprint density at radius 1 is 1.28 bits per heavy atom. The molecule has 2 rings (SSSR count). The van der Waals surface area contributed by atoms with Crippen molar-refractivity contribution in [2.75, 3.05) is 20.2 Å². The van der Waals surface area contributed by atoms with Crippen molar-refractivity contribution in [1.82, 2.24) is 4.31 Å². The Kier molecular flexibility index (Phi) is 4.04. The number of nitrogens with zero attached hydrogens (tertiary/aromatic N) is 1. The molecule has 1 fully saturated rings. The summed E-state index contributed by atoms with van der Waals surface area (Å²) in [5.74, 6) is 0.540. The fourth-order valence-corrected chi connectivity index (χ4v) is 3.15. The highest BCUT2D eigenvalue weighted by Gasteiger charge is 2.28. The van der Waals surface area contributed by atoms with Gasteiger partial charge < -0.3 is 5.11 Å². The average Bonchev–Trinajstić information content (AvgIpc) is 3.14. The second-order valence-electron chi connectivity index (χ2n) is 4.85. The fraction of sp³-hybridized carbons (Fsp3) is 0.538. The van der Waals surface area contributed by atoms with Gasteiger partial charge in [-0.15, -0.1) is 0 Å². The molecule has 0 spiro atoms. The molecule has 1 aromatic carbocycles. The zero-order valence-corrected chi connectivity index (χ0v) is 11.4. The highest BCUT2D eigenvalue weighted by molar-refractivity contribution is 7.89. The molecule has 0 aliphatic heterocycles. The van der Waals surface area contributed by atoms with Crippen LogP contribution < -0.4 is 0 Å². The Morgan fingerprint density at radius 2 is 1.89 bits per heavy atom. The molecule has 1 aliphatic carbocycles. The number of hydrogen-bond acceptors (Lipinski definition) is 3. The van der Waals surface area contributed by atoms with Gasteiger partial charge in [-0.05, 0) is 42.9 Å². The minimum atomic E-state index is -3.35. The largest absolute Gasteiger partial charge is 0.396 e. The van der Waals surface area contributed by atoms with Crippen LogP contribution in [0, 0.1) is 5.92 Å². The van der Waals surface area contributed by atoms with Gasteiger partial charge in [0.2, 0.25) is 10.0 Å². The number of aliphatic hydroxyl groups excluding tert-OH is 1. The summed E-state index contributed by atoms with van der Waals surface area (Å²) < 4.78 is 25.9. The van der Waals surface area contributed by atoms with Gasteiger partial charge in [-0.2, -0.15) is 0 Å². The monoisotopic (exact) mass is 269 g/mol. The van der Waals surface area contributed by atoms with E-state index >= 15 is 0 Å². The van der Waals surface area contributed by atoms with Crippen molar-refractivity contribution in [3.8, 4) is 0 Å². The van der Waals surface area contributed by atoms with Crippen molar-refractivity contribution >= 4 is 10.0 Å². The van der Waals surface area contributed by atoms with Crippen molar-refractivity contribution in [2.45, 2.75) is 24.2 Å². The maximum atomic E-state index is 12.2. The van der Waals surface area contributed by atoms with E-state index in [0.29, 0.717) is 23.8 Å². The number of hydrogen-bond donors (Lipinski definition) is 1. The number of rotatable bonds is 6. The normalized spacial score (nSPS) is 16.2. The molecular weight excluding hydrogens is 250 g/mol. The van der Waals surface area contributed by atoms with Gasteiger partial charge in [0.25, 0.3) is 0 Å². The fourth-order valence-electron chi connectivity index (χ4n) is 1.90. The molecule has 18 heavy (non-hydrogen) atoms. The van der Waals surface area contributed by atoms with Crippen LogP contribution in [0.2, 0.25) is 0 Å². The van der Waals surface area contributed by atoms with Crippen LogP contribution in [0.4, 0.5) is 0 Å². The van der Waals surface area contributed by atoms with Crippen LogP contribution in [0.5, 0.6) is 0 Å². The molecular formula is C13H19NO3S. The minimum absolute atomic E-state index is 0.0771. The number of aliphatic hydroxyl groups is 1. The van der Waals surface area contributed by atoms with Gasteiger partial charge in [0.15, 0.2) is 0 Å². The predicted molar refractivity (Wildman–Crippen MR) is 69.8 cm³/mol. The van der Waals surface area contributed by atoms with E-state index in [4.69, 9.17) is 5.11 Å². The lowest BCUT2D eigenvalue weighted by atomic mass is 10.2. The van der Waals surface area contributed by atoms with Crippen molar-refractivity contribution in [3.05, 3.63) is 29.8 Å². The summed E-state index contributed by atoms with van der Waals surface area (Å²) in [6, 6.07) is 6.75. The Balaban J connectivity index is 2.12. The van der Waals surface area contributed by atoms with Crippen LogP contribution in [-0.4, -0.2) is 38.0 Å². The maximum absolute atomic E-state index is 12.2. The molecule has 0 unspecified atom stereocenters. The quantitative estimate of drug-likeness (QED) is 0.845. The van der Waals surface area contributed by atoms with Gasteiger partial charge in [-0.25, -0.2) is 12.7 Å². The van der Waals surface area contributed by atoms with Gasteiger partial charge in [0, 0.05) is 20.2 Å². The highest BCUT2D eigenvalue weighted by Crippen LogP contribution is 2.30. The van der Waals surface area contributed by atoms with Gasteiger partial charge in [-0.1, -0.05) is 12.1 Å². The van der Waals surface area contributed by atoms with Crippen LogP contribution >= 0.6 is 0 Å². The van der Waals surface area contributed by atoms with E-state index in [9.17, 15) is 8.42 Å². The van der Waals surface area contributed by atoms with E-state index in [-0.39, 0.29) is 6.61 Å². The Labute approximate surface area is 108 Å². The van der Waals surface area contributed by atoms with E-state index in [0.717, 1.165) is 18.4 Å². The summed E-state index contributed by atoms with van der Waals surface area (Å²) in [6.45, 7) is 0.689. The second-order valence-corrected chi connectivity index (χ2v) is 6.89. The van der Waals surface area contributed by atoms with Crippen molar-refractivity contribution < 1.29 is 13.5 Å². The highest BCUT2D eigenvalue weighted by atomic mass is 32.2. The van der Waals surface area contributed by atoms with Crippen LogP contribution in [0.15, 0.2) is 29.2 Å². The average molecular weight is 269 g/mol. The molecule has 0 saturated heterocycles. The smallest absolute Gasteiger partial charge is 0.242 e. The van der Waals surface area contributed by atoms with E-state index in [2.05, 4.69) is 0 Å². The lowest BCUT2D eigenvalue weighted by Crippen LogP contribution is -2.28. The summed E-state index contributed by atoms with van der Waals surface area (Å²) >= 11 is 0. The molecule has 0 aromatic heterocycles. The van der Waals surface area contributed by atoms with Gasteiger partial charge >= 0.3 is 0 Å². The lowest BCUT2D eigenvalue weighted by molar-refractivity contribution is 0.299. The standard InChI is InChI=1S/C13H19NO3S/c1-14(10-12-2-3-12)18(16,17)13-6-4-11(5-7-13)8-9-15/h4-7,12,15H,2-3,8-10H2,1H3. The minimum Gasteiger partial charge on any atom is -0.396 e. The van der Waals surface area contributed by atoms with Gasteiger partial charge in [0.05, 0.1) is 4.90 Å². The summed E-state index contributed by atoms with van der Waals surface area (Å²) in [5, 5.41) is 8.82. The maximum Gasteiger partial charge on any atom is 0.242 e.